The van der Waals surface area contributed by atoms with E-state index in [1.807, 2.05) is 13.8 Å². The van der Waals surface area contributed by atoms with Crippen LogP contribution in [0.3, 0.4) is 0 Å². The summed E-state index contributed by atoms with van der Waals surface area (Å²) in [5.41, 5.74) is 3.54. The highest BCUT2D eigenvalue weighted by molar-refractivity contribution is 6.04. The van der Waals surface area contributed by atoms with Gasteiger partial charge in [0.25, 0.3) is 11.8 Å². The Morgan fingerprint density at radius 2 is 1.77 bits per heavy atom. The molecule has 13 heteroatoms. The molecule has 1 fully saturated rings. The number of hydrogen-bond acceptors (Lipinski definition) is 10. The lowest BCUT2D eigenvalue weighted by molar-refractivity contribution is -0.0102. The quantitative estimate of drug-likeness (QED) is 0.192. The number of carbonyl (C=O) groups is 4. The number of phenols is 1. The van der Waals surface area contributed by atoms with Gasteiger partial charge in [-0.05, 0) is 81.1 Å². The minimum atomic E-state index is -0.987. The highest BCUT2D eigenvalue weighted by Gasteiger charge is 2.27. The molecular formula is C30H30N6O7. The maximum atomic E-state index is 13.3. The molecular weight excluding hydrogens is 556 g/mol. The fourth-order valence-corrected chi connectivity index (χ4v) is 4.39. The SMILES string of the molecule is CCN(C(=O)OCOC(=O)c1ccc(O)cc1)C(=O)c1ccc(C)c(Nc2ncnn3cc(C(=O)NC4CC4)c(C)c23)c1. The highest BCUT2D eigenvalue weighted by Crippen LogP contribution is 2.28. The number of ether oxygens (including phenoxy) is 2. The smallest absolute Gasteiger partial charge is 0.419 e. The zero-order valence-corrected chi connectivity index (χ0v) is 23.8. The van der Waals surface area contributed by atoms with Crippen LogP contribution in [-0.2, 0) is 9.47 Å². The number of carbonyl (C=O) groups excluding carboxylic acids is 4. The summed E-state index contributed by atoms with van der Waals surface area (Å²) >= 11 is 0. The van der Waals surface area contributed by atoms with E-state index in [-0.39, 0.29) is 35.4 Å². The zero-order chi connectivity index (χ0) is 30.7. The van der Waals surface area contributed by atoms with Crippen molar-refractivity contribution in [1.82, 2.24) is 24.8 Å². The van der Waals surface area contributed by atoms with Gasteiger partial charge in [0.1, 0.15) is 17.6 Å². The van der Waals surface area contributed by atoms with Crippen molar-refractivity contribution in [2.24, 2.45) is 0 Å². The number of fused-ring (bicyclic) bond motifs is 1. The maximum absolute atomic E-state index is 13.3. The van der Waals surface area contributed by atoms with E-state index in [0.29, 0.717) is 28.1 Å². The molecule has 13 nitrogen and oxygen atoms in total. The summed E-state index contributed by atoms with van der Waals surface area (Å²) in [4.78, 5) is 56.1. The summed E-state index contributed by atoms with van der Waals surface area (Å²) in [6, 6.07) is 10.5. The minimum absolute atomic E-state index is 0.00178. The van der Waals surface area contributed by atoms with Crippen LogP contribution in [0.25, 0.3) is 5.52 Å². The highest BCUT2D eigenvalue weighted by atomic mass is 16.7. The molecule has 2 aromatic heterocycles. The molecule has 222 valence electrons. The van der Waals surface area contributed by atoms with Crippen molar-refractivity contribution in [2.45, 2.75) is 39.7 Å². The lowest BCUT2D eigenvalue weighted by Gasteiger charge is -2.19. The molecule has 1 aliphatic carbocycles. The number of amides is 3. The van der Waals surface area contributed by atoms with E-state index in [2.05, 4.69) is 20.7 Å². The Balaban J connectivity index is 1.29. The van der Waals surface area contributed by atoms with Crippen LogP contribution < -0.4 is 10.6 Å². The first-order chi connectivity index (χ1) is 20.7. The number of phenolic OH excluding ortho intramolecular Hbond substituents is 1. The molecule has 0 aliphatic heterocycles. The van der Waals surface area contributed by atoms with Gasteiger partial charge in [-0.2, -0.15) is 5.10 Å². The third-order valence-electron chi connectivity index (χ3n) is 6.98. The van der Waals surface area contributed by atoms with Gasteiger partial charge in [-0.3, -0.25) is 9.59 Å². The van der Waals surface area contributed by atoms with E-state index >= 15 is 0 Å². The second kappa shape index (κ2) is 12.2. The summed E-state index contributed by atoms with van der Waals surface area (Å²) in [6.45, 7) is 4.58. The van der Waals surface area contributed by atoms with Gasteiger partial charge in [-0.1, -0.05) is 6.07 Å². The summed E-state index contributed by atoms with van der Waals surface area (Å²) in [5, 5.41) is 19.8. The van der Waals surface area contributed by atoms with Crippen molar-refractivity contribution in [3.05, 3.63) is 82.8 Å². The Morgan fingerprint density at radius 3 is 2.47 bits per heavy atom. The van der Waals surface area contributed by atoms with Crippen LogP contribution in [-0.4, -0.2) is 67.9 Å². The van der Waals surface area contributed by atoms with E-state index in [9.17, 15) is 24.3 Å². The Kier molecular flexibility index (Phi) is 8.23. The molecule has 5 rings (SSSR count). The van der Waals surface area contributed by atoms with Gasteiger partial charge in [-0.15, -0.1) is 0 Å². The van der Waals surface area contributed by atoms with Crippen LogP contribution in [0, 0.1) is 13.8 Å². The molecule has 0 saturated heterocycles. The number of imide groups is 1. The topological polar surface area (TPSA) is 164 Å². The molecule has 1 saturated carbocycles. The Hall–Kier alpha value is -5.46. The van der Waals surface area contributed by atoms with Crippen LogP contribution in [0.5, 0.6) is 5.75 Å². The molecule has 0 bridgehead atoms. The normalized spacial score (nSPS) is 12.4. The molecule has 2 heterocycles. The van der Waals surface area contributed by atoms with E-state index in [4.69, 9.17) is 9.47 Å². The van der Waals surface area contributed by atoms with Crippen LogP contribution >= 0.6 is 0 Å². The fraction of sp³-hybridized carbons (Fsp3) is 0.267. The third kappa shape index (κ3) is 6.40. The summed E-state index contributed by atoms with van der Waals surface area (Å²) < 4.78 is 11.6. The Labute approximate surface area is 246 Å². The van der Waals surface area contributed by atoms with Crippen molar-refractivity contribution >= 4 is 40.9 Å². The largest absolute Gasteiger partial charge is 0.508 e. The maximum Gasteiger partial charge on any atom is 0.419 e. The van der Waals surface area contributed by atoms with Crippen molar-refractivity contribution < 1.29 is 33.8 Å². The van der Waals surface area contributed by atoms with Crippen molar-refractivity contribution in [1.29, 1.82) is 0 Å². The number of aromatic nitrogens is 3. The number of nitrogens with zero attached hydrogens (tertiary/aromatic N) is 4. The molecule has 3 N–H and O–H groups in total. The van der Waals surface area contributed by atoms with E-state index in [0.717, 1.165) is 23.3 Å². The number of anilines is 2. The van der Waals surface area contributed by atoms with E-state index < -0.39 is 24.8 Å². The van der Waals surface area contributed by atoms with Gasteiger partial charge in [0.05, 0.1) is 11.1 Å². The van der Waals surface area contributed by atoms with Gasteiger partial charge in [0.2, 0.25) is 6.79 Å². The molecule has 3 amide bonds. The number of esters is 1. The van der Waals surface area contributed by atoms with E-state index in [1.165, 1.54) is 30.6 Å². The van der Waals surface area contributed by atoms with Gasteiger partial charge in [0, 0.05) is 30.0 Å². The number of benzene rings is 2. The summed E-state index contributed by atoms with van der Waals surface area (Å²) in [7, 11) is 0. The minimum Gasteiger partial charge on any atom is -0.508 e. The van der Waals surface area contributed by atoms with Crippen LogP contribution in [0.15, 0.2) is 55.0 Å². The second-order valence-corrected chi connectivity index (χ2v) is 10.0. The molecule has 0 radical (unpaired) electrons. The number of aromatic hydroxyl groups is 1. The second-order valence-electron chi connectivity index (χ2n) is 10.0. The first-order valence-corrected chi connectivity index (χ1v) is 13.6. The Bertz CT molecular complexity index is 1710. The standard InChI is InChI=1S/C30H30N6O7/c1-4-35(30(41)43-16-42-29(40)19-7-11-22(37)12-8-19)28(39)20-6-5-17(2)24(13-20)34-26-25-18(3)23(14-36(25)32-15-31-26)27(38)33-21-9-10-21/h5-8,11-15,21,37H,4,9-10,16H2,1-3H3,(H,33,38)(H,31,32,34). The molecule has 0 spiro atoms. The number of rotatable bonds is 9. The zero-order valence-electron chi connectivity index (χ0n) is 23.8. The van der Waals surface area contributed by atoms with Crippen molar-refractivity contribution in [3.8, 4) is 5.75 Å². The average molecular weight is 587 g/mol. The van der Waals surface area contributed by atoms with Crippen LogP contribution in [0.4, 0.5) is 16.3 Å². The third-order valence-corrected chi connectivity index (χ3v) is 6.98. The lowest BCUT2D eigenvalue weighted by atomic mass is 10.1. The Morgan fingerprint density at radius 1 is 1.05 bits per heavy atom. The predicted octanol–water partition coefficient (Wildman–Crippen LogP) is 4.10. The molecule has 0 unspecified atom stereocenters. The molecule has 43 heavy (non-hydrogen) atoms. The first-order valence-electron chi connectivity index (χ1n) is 13.6. The van der Waals surface area contributed by atoms with Crippen LogP contribution in [0.2, 0.25) is 0 Å². The summed E-state index contributed by atoms with van der Waals surface area (Å²) in [6.07, 6.45) is 3.99. The number of hydrogen-bond donors (Lipinski definition) is 3. The first kappa shape index (κ1) is 29.0. The summed E-state index contributed by atoms with van der Waals surface area (Å²) in [5.74, 6) is -1.12. The molecule has 1 aliphatic rings. The number of aryl methyl sites for hydroxylation is 2. The van der Waals surface area contributed by atoms with Crippen molar-refractivity contribution in [3.63, 3.8) is 0 Å². The molecule has 2 aromatic carbocycles. The fourth-order valence-electron chi connectivity index (χ4n) is 4.39. The molecule has 0 atom stereocenters. The predicted molar refractivity (Wildman–Crippen MR) is 154 cm³/mol. The van der Waals surface area contributed by atoms with Gasteiger partial charge in [0.15, 0.2) is 5.82 Å². The average Bonchev–Trinajstić information content (AvgIpc) is 3.74. The lowest BCUT2D eigenvalue weighted by Crippen LogP contribution is -2.37. The van der Waals surface area contributed by atoms with Crippen molar-refractivity contribution in [2.75, 3.05) is 18.7 Å². The van der Waals surface area contributed by atoms with E-state index in [1.54, 1.807) is 35.8 Å². The van der Waals surface area contributed by atoms with Gasteiger partial charge in [-0.25, -0.2) is 24.0 Å². The van der Waals surface area contributed by atoms with Gasteiger partial charge >= 0.3 is 12.1 Å². The molecule has 4 aromatic rings. The monoisotopic (exact) mass is 586 g/mol. The van der Waals surface area contributed by atoms with Crippen LogP contribution in [0.1, 0.15) is 62.0 Å². The number of nitrogens with one attached hydrogen (secondary N) is 2. The van der Waals surface area contributed by atoms with Gasteiger partial charge < -0.3 is 25.2 Å².